The molecule has 0 aliphatic carbocycles. The second-order valence-electron chi connectivity index (χ2n) is 3.83. The summed E-state index contributed by atoms with van der Waals surface area (Å²) in [7, 11) is 0. The van der Waals surface area contributed by atoms with Crippen LogP contribution in [0.3, 0.4) is 0 Å². The van der Waals surface area contributed by atoms with Gasteiger partial charge in [0.25, 0.3) is 0 Å². The van der Waals surface area contributed by atoms with Crippen molar-refractivity contribution in [1.29, 1.82) is 0 Å². The van der Waals surface area contributed by atoms with Gasteiger partial charge in [-0.1, -0.05) is 27.8 Å². The topological polar surface area (TPSA) is 0 Å². The Bertz CT molecular complexity index is 614. The Labute approximate surface area is 117 Å². The van der Waals surface area contributed by atoms with Crippen molar-refractivity contribution in [3.8, 4) is 11.8 Å². The standard InChI is InChI=1S/C15H8BrF3/c16-14-9-5-12(6-10-14)2-1-11-3-7-13(8-4-11)15(17,18)19/h3-10H. The molecule has 96 valence electrons. The molecule has 2 rings (SSSR count). The van der Waals surface area contributed by atoms with Crippen LogP contribution in [0.25, 0.3) is 0 Å². The third-order valence-corrected chi connectivity index (χ3v) is 2.94. The van der Waals surface area contributed by atoms with Gasteiger partial charge >= 0.3 is 6.18 Å². The minimum atomic E-state index is -4.31. The zero-order chi connectivity index (χ0) is 13.9. The Morgan fingerprint density at radius 3 is 1.58 bits per heavy atom. The van der Waals surface area contributed by atoms with E-state index in [0.717, 1.165) is 22.2 Å². The first kappa shape index (κ1) is 13.7. The first-order chi connectivity index (χ1) is 8.95. The van der Waals surface area contributed by atoms with E-state index in [1.165, 1.54) is 12.1 Å². The van der Waals surface area contributed by atoms with Crippen LogP contribution < -0.4 is 0 Å². The molecular formula is C15H8BrF3. The van der Waals surface area contributed by atoms with Crippen LogP contribution in [-0.2, 0) is 6.18 Å². The van der Waals surface area contributed by atoms with Gasteiger partial charge in [-0.3, -0.25) is 0 Å². The van der Waals surface area contributed by atoms with Crippen LogP contribution in [-0.4, -0.2) is 0 Å². The maximum Gasteiger partial charge on any atom is 0.416 e. The molecule has 0 unspecified atom stereocenters. The highest BCUT2D eigenvalue weighted by Gasteiger charge is 2.29. The zero-order valence-corrected chi connectivity index (χ0v) is 11.2. The Hall–Kier alpha value is -1.73. The van der Waals surface area contributed by atoms with Crippen LogP contribution in [0.5, 0.6) is 0 Å². The molecule has 0 fully saturated rings. The molecule has 0 aromatic heterocycles. The van der Waals surface area contributed by atoms with Gasteiger partial charge in [-0.05, 0) is 48.5 Å². The van der Waals surface area contributed by atoms with E-state index < -0.39 is 11.7 Å². The lowest BCUT2D eigenvalue weighted by Gasteiger charge is -2.05. The molecule has 0 spiro atoms. The highest BCUT2D eigenvalue weighted by Crippen LogP contribution is 2.28. The molecule has 4 heteroatoms. The first-order valence-electron chi connectivity index (χ1n) is 5.40. The van der Waals surface area contributed by atoms with Gasteiger partial charge in [-0.15, -0.1) is 0 Å². The largest absolute Gasteiger partial charge is 0.416 e. The van der Waals surface area contributed by atoms with Gasteiger partial charge in [0.2, 0.25) is 0 Å². The Balaban J connectivity index is 2.19. The number of alkyl halides is 3. The van der Waals surface area contributed by atoms with Crippen molar-refractivity contribution in [3.63, 3.8) is 0 Å². The molecule has 0 atom stereocenters. The third kappa shape index (κ3) is 3.87. The number of hydrogen-bond donors (Lipinski definition) is 0. The minimum absolute atomic E-state index is 0.552. The second-order valence-corrected chi connectivity index (χ2v) is 4.75. The second kappa shape index (κ2) is 5.50. The quantitative estimate of drug-likeness (QED) is 0.606. The molecule has 0 radical (unpaired) electrons. The Morgan fingerprint density at radius 2 is 1.16 bits per heavy atom. The highest BCUT2D eigenvalue weighted by molar-refractivity contribution is 9.10. The Kier molecular flexibility index (Phi) is 3.96. The summed E-state index contributed by atoms with van der Waals surface area (Å²) in [4.78, 5) is 0. The lowest BCUT2D eigenvalue weighted by atomic mass is 10.1. The molecule has 0 aliphatic heterocycles. The molecule has 0 saturated heterocycles. The predicted octanol–water partition coefficient (Wildman–Crippen LogP) is 4.87. The van der Waals surface area contributed by atoms with Gasteiger partial charge < -0.3 is 0 Å². The molecule has 2 aromatic rings. The lowest BCUT2D eigenvalue weighted by molar-refractivity contribution is -0.137. The average Bonchev–Trinajstić information content (AvgIpc) is 2.37. The summed E-state index contributed by atoms with van der Waals surface area (Å²) in [6.45, 7) is 0. The third-order valence-electron chi connectivity index (χ3n) is 2.41. The van der Waals surface area contributed by atoms with Crippen LogP contribution in [0.15, 0.2) is 53.0 Å². The maximum atomic E-state index is 12.4. The fraction of sp³-hybridized carbons (Fsp3) is 0.0667. The van der Waals surface area contributed by atoms with Crippen molar-refractivity contribution in [2.75, 3.05) is 0 Å². The minimum Gasteiger partial charge on any atom is -0.166 e. The van der Waals surface area contributed by atoms with Crippen LogP contribution in [0.2, 0.25) is 0 Å². The van der Waals surface area contributed by atoms with E-state index in [4.69, 9.17) is 0 Å². The van der Waals surface area contributed by atoms with E-state index in [2.05, 4.69) is 27.8 Å². The summed E-state index contributed by atoms with van der Waals surface area (Å²) in [6.07, 6.45) is -4.31. The van der Waals surface area contributed by atoms with E-state index in [0.29, 0.717) is 5.56 Å². The normalized spacial score (nSPS) is 10.7. The molecule has 0 heterocycles. The number of rotatable bonds is 0. The number of hydrogen-bond acceptors (Lipinski definition) is 0. The fourth-order valence-corrected chi connectivity index (χ4v) is 1.68. The van der Waals surface area contributed by atoms with Crippen LogP contribution in [0.1, 0.15) is 16.7 Å². The van der Waals surface area contributed by atoms with E-state index in [-0.39, 0.29) is 0 Å². The van der Waals surface area contributed by atoms with E-state index >= 15 is 0 Å². The maximum absolute atomic E-state index is 12.4. The molecule has 0 N–H and O–H groups in total. The van der Waals surface area contributed by atoms with Gasteiger partial charge in [0.05, 0.1) is 5.56 Å². The smallest absolute Gasteiger partial charge is 0.166 e. The lowest BCUT2D eigenvalue weighted by Crippen LogP contribution is -2.04. The van der Waals surface area contributed by atoms with Gasteiger partial charge in [-0.25, -0.2) is 0 Å². The SMILES string of the molecule is FC(F)(F)c1ccc(C#Cc2ccc(Br)cc2)cc1. The number of benzene rings is 2. The van der Waals surface area contributed by atoms with Crippen molar-refractivity contribution in [1.82, 2.24) is 0 Å². The molecule has 0 nitrogen and oxygen atoms in total. The average molecular weight is 325 g/mol. The van der Waals surface area contributed by atoms with Gasteiger partial charge in [-0.2, -0.15) is 13.2 Å². The van der Waals surface area contributed by atoms with Crippen molar-refractivity contribution in [2.24, 2.45) is 0 Å². The van der Waals surface area contributed by atoms with Gasteiger partial charge in [0, 0.05) is 15.6 Å². The summed E-state index contributed by atoms with van der Waals surface area (Å²) in [5, 5.41) is 0. The van der Waals surface area contributed by atoms with Crippen molar-refractivity contribution < 1.29 is 13.2 Å². The zero-order valence-electron chi connectivity index (χ0n) is 9.63. The van der Waals surface area contributed by atoms with Crippen LogP contribution in [0.4, 0.5) is 13.2 Å². The summed E-state index contributed by atoms with van der Waals surface area (Å²) in [5.74, 6) is 5.72. The van der Waals surface area contributed by atoms with E-state index in [9.17, 15) is 13.2 Å². The van der Waals surface area contributed by atoms with Crippen LogP contribution in [0, 0.1) is 11.8 Å². The van der Waals surface area contributed by atoms with Crippen LogP contribution >= 0.6 is 15.9 Å². The molecular weight excluding hydrogens is 317 g/mol. The molecule has 0 aliphatic rings. The molecule has 0 amide bonds. The summed E-state index contributed by atoms with van der Waals surface area (Å²) < 4.78 is 38.1. The first-order valence-corrected chi connectivity index (χ1v) is 6.19. The van der Waals surface area contributed by atoms with E-state index in [1.54, 1.807) is 0 Å². The predicted molar refractivity (Wildman–Crippen MR) is 71.6 cm³/mol. The van der Waals surface area contributed by atoms with Gasteiger partial charge in [0.15, 0.2) is 0 Å². The van der Waals surface area contributed by atoms with Crippen molar-refractivity contribution in [3.05, 3.63) is 69.7 Å². The molecule has 19 heavy (non-hydrogen) atoms. The van der Waals surface area contributed by atoms with Crippen molar-refractivity contribution >= 4 is 15.9 Å². The summed E-state index contributed by atoms with van der Waals surface area (Å²) in [6, 6.07) is 12.2. The molecule has 0 bridgehead atoms. The van der Waals surface area contributed by atoms with Gasteiger partial charge in [0.1, 0.15) is 0 Å². The van der Waals surface area contributed by atoms with E-state index in [1.807, 2.05) is 24.3 Å². The summed E-state index contributed by atoms with van der Waals surface area (Å²) >= 11 is 3.31. The number of halogens is 4. The Morgan fingerprint density at radius 1 is 0.737 bits per heavy atom. The molecule has 2 aromatic carbocycles. The fourth-order valence-electron chi connectivity index (χ4n) is 1.42. The summed E-state index contributed by atoms with van der Waals surface area (Å²) in [5.41, 5.74) is 0.695. The molecule has 0 saturated carbocycles. The van der Waals surface area contributed by atoms with Crippen molar-refractivity contribution in [2.45, 2.75) is 6.18 Å². The highest BCUT2D eigenvalue weighted by atomic mass is 79.9. The monoisotopic (exact) mass is 324 g/mol.